The molecule has 0 fully saturated rings. The Morgan fingerprint density at radius 1 is 0.861 bits per heavy atom. The molecule has 0 bridgehead atoms. The van der Waals surface area contributed by atoms with Gasteiger partial charge in [0.25, 0.3) is 5.69 Å². The topological polar surface area (TPSA) is 142 Å². The summed E-state index contributed by atoms with van der Waals surface area (Å²) in [5, 5.41) is 54.3. The van der Waals surface area contributed by atoms with Crippen LogP contribution in [-0.4, -0.2) is 54.1 Å². The van der Waals surface area contributed by atoms with E-state index in [2.05, 4.69) is 0 Å². The molecule has 0 heterocycles. The second kappa shape index (κ2) is 18.8. The van der Waals surface area contributed by atoms with Gasteiger partial charge in [-0.2, -0.15) is 0 Å². The van der Waals surface area contributed by atoms with Crippen LogP contribution in [0, 0.1) is 10.1 Å². The van der Waals surface area contributed by atoms with E-state index in [1.165, 1.54) is 24.3 Å². The second-order valence-corrected chi connectivity index (χ2v) is 9.34. The average Bonchev–Trinajstić information content (AvgIpc) is 2.70. The van der Waals surface area contributed by atoms with Crippen molar-refractivity contribution in [1.29, 1.82) is 0 Å². The van der Waals surface area contributed by atoms with Gasteiger partial charge in [-0.3, -0.25) is 10.1 Å². The number of benzene rings is 2. The van der Waals surface area contributed by atoms with Gasteiger partial charge in [0.15, 0.2) is 0 Å². The molecule has 0 saturated carbocycles. The smallest absolute Gasteiger partial charge is 0.872 e. The third kappa shape index (κ3) is 16.3. The maximum absolute atomic E-state index is 12.0. The molecule has 0 spiro atoms. The molecule has 2 aromatic rings. The van der Waals surface area contributed by atoms with E-state index < -0.39 is 17.1 Å². The van der Waals surface area contributed by atoms with Crippen molar-refractivity contribution in [2.24, 2.45) is 0 Å². The molecule has 0 aromatic heterocycles. The fraction of sp³-hybridized carbons (Fsp3) is 0.500. The third-order valence-corrected chi connectivity index (χ3v) is 4.58. The van der Waals surface area contributed by atoms with Crippen molar-refractivity contribution < 1.29 is 47.1 Å². The summed E-state index contributed by atoms with van der Waals surface area (Å²) >= 11 is 11.8. The van der Waals surface area contributed by atoms with E-state index in [-0.39, 0.29) is 43.9 Å². The van der Waals surface area contributed by atoms with Gasteiger partial charge >= 0.3 is 21.7 Å². The maximum Gasteiger partial charge on any atom is 4.00 e. The molecule has 0 unspecified atom stereocenters. The number of nitrogens with zero attached hydrogens (tertiary/aromatic N) is 3. The van der Waals surface area contributed by atoms with Crippen LogP contribution >= 0.6 is 23.2 Å². The number of halogens is 2. The van der Waals surface area contributed by atoms with E-state index in [1.54, 1.807) is 33.8 Å². The standard InChI is InChI=1S/C18H21Cl2N3O4.2C3H7O.Ti/c1-21(10-12-8-15(23(26)27)3-4-17(12)24)5-6-22(2)11-13-7-14(19)9-16(20)18(13)25;2*1-3(2)4;/h3-4,7-9,24-25H,5-6,10-11H2,1-2H3;2*3H,1-2H3;/q;2*-1;+4/p-2. The molecule has 0 saturated heterocycles. The largest absolute Gasteiger partial charge is 4.00 e. The van der Waals surface area contributed by atoms with Gasteiger partial charge in [-0.25, -0.2) is 0 Å². The average molecular weight is 578 g/mol. The summed E-state index contributed by atoms with van der Waals surface area (Å²) in [5.74, 6) is -0.473. The number of non-ortho nitro benzene ring substituents is 1. The Labute approximate surface area is 238 Å². The molecule has 2 rings (SSSR count). The van der Waals surface area contributed by atoms with Crippen LogP contribution in [0.15, 0.2) is 30.3 Å². The molecular formula is C24H33Cl2N3O6Ti. The van der Waals surface area contributed by atoms with Crippen molar-refractivity contribution in [3.8, 4) is 11.5 Å². The fourth-order valence-electron chi connectivity index (χ4n) is 2.62. The Hall–Kier alpha value is -1.43. The van der Waals surface area contributed by atoms with Gasteiger partial charge in [0.2, 0.25) is 0 Å². The van der Waals surface area contributed by atoms with Crippen molar-refractivity contribution >= 4 is 28.9 Å². The zero-order valence-corrected chi connectivity index (χ0v) is 24.5. The van der Waals surface area contributed by atoms with E-state index in [1.807, 2.05) is 23.9 Å². The van der Waals surface area contributed by atoms with E-state index in [4.69, 9.17) is 23.2 Å². The van der Waals surface area contributed by atoms with Crippen LogP contribution in [0.3, 0.4) is 0 Å². The van der Waals surface area contributed by atoms with Gasteiger partial charge in [-0.05, 0) is 37.4 Å². The number of hydrogen-bond acceptors (Lipinski definition) is 8. The number of likely N-dealkylation sites (N-methyl/N-ethyl adjacent to an activating group) is 2. The zero-order valence-electron chi connectivity index (χ0n) is 21.4. The molecule has 2 aromatic carbocycles. The van der Waals surface area contributed by atoms with Crippen LogP contribution in [0.1, 0.15) is 38.8 Å². The van der Waals surface area contributed by atoms with Crippen LogP contribution in [-0.2, 0) is 34.8 Å². The van der Waals surface area contributed by atoms with Crippen LogP contribution in [0.2, 0.25) is 10.0 Å². The van der Waals surface area contributed by atoms with Crippen molar-refractivity contribution in [1.82, 2.24) is 9.80 Å². The first-order chi connectivity index (χ1) is 16.1. The van der Waals surface area contributed by atoms with Gasteiger partial charge in [0, 0.05) is 48.4 Å². The van der Waals surface area contributed by atoms with E-state index in [0.717, 1.165) is 0 Å². The minimum Gasteiger partial charge on any atom is -0.872 e. The Balaban J connectivity index is 0. The summed E-state index contributed by atoms with van der Waals surface area (Å²) in [7, 11) is 3.68. The first kappa shape index (κ1) is 36.7. The molecule has 9 nitrogen and oxygen atoms in total. The summed E-state index contributed by atoms with van der Waals surface area (Å²) < 4.78 is 0. The van der Waals surface area contributed by atoms with Gasteiger partial charge in [0.05, 0.1) is 4.92 Å². The predicted molar refractivity (Wildman–Crippen MR) is 131 cm³/mol. The molecule has 0 atom stereocenters. The summed E-state index contributed by atoms with van der Waals surface area (Å²) in [4.78, 5) is 14.2. The number of nitro groups is 1. The summed E-state index contributed by atoms with van der Waals surface area (Å²) in [6, 6.07) is 6.74. The Morgan fingerprint density at radius 2 is 1.31 bits per heavy atom. The van der Waals surface area contributed by atoms with Gasteiger partial charge in [-0.15, -0.1) is 18.0 Å². The minimum atomic E-state index is -0.520. The molecular weight excluding hydrogens is 545 g/mol. The third-order valence-electron chi connectivity index (χ3n) is 4.08. The van der Waals surface area contributed by atoms with Gasteiger partial charge in [-0.1, -0.05) is 62.7 Å². The molecule has 12 heteroatoms. The molecule has 0 aliphatic heterocycles. The van der Waals surface area contributed by atoms with Crippen LogP contribution < -0.4 is 20.4 Å². The summed E-state index contributed by atoms with van der Waals surface area (Å²) in [6.07, 6.45) is -0.833. The Bertz CT molecular complexity index is 923. The SMILES string of the molecule is CC(C)[O-].CC(C)[O-].CN(CCN(C)Cc1cc(Cl)cc(Cl)c1[O-])Cc1cc([N+](=O)[O-])ccc1[O-].[Ti+4]. The van der Waals surface area contributed by atoms with Crippen molar-refractivity contribution in [3.63, 3.8) is 0 Å². The number of nitro benzene ring substituents is 1. The van der Waals surface area contributed by atoms with Gasteiger partial charge < -0.3 is 30.2 Å². The first-order valence-electron chi connectivity index (χ1n) is 10.9. The zero-order chi connectivity index (χ0) is 27.3. The predicted octanol–water partition coefficient (Wildman–Crippen LogP) is 2.12. The molecule has 0 aliphatic carbocycles. The first-order valence-corrected chi connectivity index (χ1v) is 11.7. The Morgan fingerprint density at radius 3 is 1.75 bits per heavy atom. The Kier molecular flexibility index (Phi) is 19.1. The van der Waals surface area contributed by atoms with Gasteiger partial charge in [0.1, 0.15) is 0 Å². The van der Waals surface area contributed by atoms with E-state index in [0.29, 0.717) is 42.3 Å². The van der Waals surface area contributed by atoms with Crippen molar-refractivity contribution in [2.75, 3.05) is 27.2 Å². The monoisotopic (exact) mass is 577 g/mol. The fourth-order valence-corrected chi connectivity index (χ4v) is 3.15. The number of rotatable bonds is 8. The van der Waals surface area contributed by atoms with Crippen LogP contribution in [0.5, 0.6) is 11.5 Å². The van der Waals surface area contributed by atoms with Crippen LogP contribution in [0.4, 0.5) is 5.69 Å². The van der Waals surface area contributed by atoms with E-state index >= 15 is 0 Å². The quantitative estimate of drug-likeness (QED) is 0.264. The summed E-state index contributed by atoms with van der Waals surface area (Å²) in [5.41, 5.74) is 0.784. The normalized spacial score (nSPS) is 10.5. The minimum absolute atomic E-state index is 0. The molecule has 36 heavy (non-hydrogen) atoms. The summed E-state index contributed by atoms with van der Waals surface area (Å²) in [6.45, 7) is 8.34. The molecule has 0 N–H and O–H groups in total. The van der Waals surface area contributed by atoms with E-state index in [9.17, 15) is 30.5 Å². The molecule has 0 radical (unpaired) electrons. The van der Waals surface area contributed by atoms with Crippen molar-refractivity contribution in [3.05, 3.63) is 61.6 Å². The van der Waals surface area contributed by atoms with Crippen LogP contribution in [0.25, 0.3) is 0 Å². The molecule has 0 amide bonds. The number of hydrogen-bond donors (Lipinski definition) is 0. The molecule has 0 aliphatic rings. The van der Waals surface area contributed by atoms with Crippen molar-refractivity contribution in [2.45, 2.75) is 53.0 Å². The molecule has 198 valence electrons. The maximum atomic E-state index is 12.0. The second-order valence-electron chi connectivity index (χ2n) is 8.50.